The summed E-state index contributed by atoms with van der Waals surface area (Å²) in [6.07, 6.45) is 4.43. The Labute approximate surface area is 133 Å². The lowest BCUT2D eigenvalue weighted by Crippen LogP contribution is -2.29. The van der Waals surface area contributed by atoms with Crippen LogP contribution in [0.4, 0.5) is 0 Å². The molecule has 0 unspecified atom stereocenters. The van der Waals surface area contributed by atoms with Crippen molar-refractivity contribution in [3.05, 3.63) is 27.7 Å². The van der Waals surface area contributed by atoms with Gasteiger partial charge < -0.3 is 14.8 Å². The zero-order valence-electron chi connectivity index (χ0n) is 14.1. The van der Waals surface area contributed by atoms with E-state index in [1.807, 2.05) is 11.5 Å². The van der Waals surface area contributed by atoms with E-state index in [4.69, 9.17) is 0 Å². The summed E-state index contributed by atoms with van der Waals surface area (Å²) in [7, 11) is 0. The van der Waals surface area contributed by atoms with Gasteiger partial charge in [-0.3, -0.25) is 9.69 Å². The summed E-state index contributed by atoms with van der Waals surface area (Å²) in [5, 5.41) is 19.4. The maximum atomic E-state index is 11.9. The molecule has 0 aliphatic heterocycles. The number of hydrogen-bond acceptors (Lipinski definition) is 4. The minimum Gasteiger partial charge on any atom is -0.503 e. The Hall–Kier alpha value is -1.33. The third kappa shape index (κ3) is 5.14. The first kappa shape index (κ1) is 18.7. The molecule has 1 rings (SSSR count). The number of aromatic nitrogens is 1. The average Bonchev–Trinajstić information content (AvgIpc) is 2.50. The standard InChI is InChI=1S/C17H30N2O3/c1-4-6-8-18(9-7-5-2)13-15-17(22)16(21)12-14(3)19(15)10-11-20/h12,20,22H,4-11,13H2,1-3H3. The molecular formula is C17H30N2O3. The van der Waals surface area contributed by atoms with E-state index >= 15 is 0 Å². The Morgan fingerprint density at radius 2 is 1.77 bits per heavy atom. The summed E-state index contributed by atoms with van der Waals surface area (Å²) in [5.41, 5.74) is 1.05. The molecule has 1 heterocycles. The average molecular weight is 310 g/mol. The van der Waals surface area contributed by atoms with Crippen LogP contribution in [0, 0.1) is 6.92 Å². The molecule has 2 N–H and O–H groups in total. The molecule has 1 aromatic heterocycles. The Bertz CT molecular complexity index is 503. The van der Waals surface area contributed by atoms with Crippen LogP contribution in [0.5, 0.6) is 5.75 Å². The molecule has 0 amide bonds. The van der Waals surface area contributed by atoms with Crippen LogP contribution in [0.3, 0.4) is 0 Å². The van der Waals surface area contributed by atoms with Crippen LogP contribution in [0.25, 0.3) is 0 Å². The van der Waals surface area contributed by atoms with E-state index in [-0.39, 0.29) is 17.8 Å². The van der Waals surface area contributed by atoms with Crippen LogP contribution < -0.4 is 5.43 Å². The van der Waals surface area contributed by atoms with E-state index in [1.54, 1.807) is 0 Å². The third-order valence-corrected chi connectivity index (χ3v) is 3.95. The van der Waals surface area contributed by atoms with Crippen LogP contribution in [-0.2, 0) is 13.1 Å². The Morgan fingerprint density at radius 3 is 2.27 bits per heavy atom. The number of pyridine rings is 1. The Kier molecular flexibility index (Phi) is 8.20. The zero-order valence-corrected chi connectivity index (χ0v) is 14.1. The fraction of sp³-hybridized carbons (Fsp3) is 0.706. The van der Waals surface area contributed by atoms with Gasteiger partial charge in [-0.05, 0) is 32.9 Å². The van der Waals surface area contributed by atoms with E-state index in [9.17, 15) is 15.0 Å². The maximum Gasteiger partial charge on any atom is 0.223 e. The smallest absolute Gasteiger partial charge is 0.223 e. The molecule has 0 bridgehead atoms. The molecule has 0 saturated carbocycles. The molecule has 0 aromatic carbocycles. The molecular weight excluding hydrogens is 280 g/mol. The molecule has 0 spiro atoms. The van der Waals surface area contributed by atoms with Gasteiger partial charge in [0, 0.05) is 24.8 Å². The van der Waals surface area contributed by atoms with Gasteiger partial charge in [-0.2, -0.15) is 0 Å². The first-order chi connectivity index (χ1) is 10.5. The molecule has 5 heteroatoms. The second kappa shape index (κ2) is 9.64. The van der Waals surface area contributed by atoms with Crippen molar-refractivity contribution < 1.29 is 10.2 Å². The summed E-state index contributed by atoms with van der Waals surface area (Å²) < 4.78 is 1.85. The van der Waals surface area contributed by atoms with E-state index in [1.165, 1.54) is 6.07 Å². The lowest BCUT2D eigenvalue weighted by molar-refractivity contribution is 0.235. The predicted molar refractivity (Wildman–Crippen MR) is 89.3 cm³/mol. The second-order valence-corrected chi connectivity index (χ2v) is 5.80. The SMILES string of the molecule is CCCCN(CCCC)Cc1c(O)c(=O)cc(C)n1CCO. The normalized spacial score (nSPS) is 11.3. The van der Waals surface area contributed by atoms with E-state index in [0.717, 1.165) is 44.5 Å². The van der Waals surface area contributed by atoms with Crippen molar-refractivity contribution >= 4 is 0 Å². The number of nitrogens with zero attached hydrogens (tertiary/aromatic N) is 2. The second-order valence-electron chi connectivity index (χ2n) is 5.80. The fourth-order valence-corrected chi connectivity index (χ4v) is 2.64. The zero-order chi connectivity index (χ0) is 16.5. The highest BCUT2D eigenvalue weighted by atomic mass is 16.3. The predicted octanol–water partition coefficient (Wildman–Crippen LogP) is 2.26. The van der Waals surface area contributed by atoms with Crippen LogP contribution in [-0.4, -0.2) is 39.4 Å². The van der Waals surface area contributed by atoms with E-state index in [2.05, 4.69) is 18.7 Å². The number of aromatic hydroxyl groups is 1. The van der Waals surface area contributed by atoms with Gasteiger partial charge in [0.25, 0.3) is 0 Å². The molecule has 0 atom stereocenters. The van der Waals surface area contributed by atoms with Crippen LogP contribution in [0.2, 0.25) is 0 Å². The van der Waals surface area contributed by atoms with Crippen molar-refractivity contribution in [2.45, 2.75) is 59.5 Å². The monoisotopic (exact) mass is 310 g/mol. The minimum atomic E-state index is -0.340. The van der Waals surface area contributed by atoms with Crippen LogP contribution in [0.1, 0.15) is 50.9 Å². The van der Waals surface area contributed by atoms with Gasteiger partial charge in [-0.15, -0.1) is 0 Å². The lowest BCUT2D eigenvalue weighted by Gasteiger charge is -2.25. The van der Waals surface area contributed by atoms with E-state index < -0.39 is 0 Å². The molecule has 0 aliphatic carbocycles. The number of aliphatic hydroxyl groups is 1. The molecule has 0 saturated heterocycles. The van der Waals surface area contributed by atoms with Crippen molar-refractivity contribution in [1.82, 2.24) is 9.47 Å². The number of aryl methyl sites for hydroxylation is 1. The maximum absolute atomic E-state index is 11.9. The van der Waals surface area contributed by atoms with Gasteiger partial charge in [0.05, 0.1) is 12.3 Å². The van der Waals surface area contributed by atoms with Gasteiger partial charge in [-0.1, -0.05) is 26.7 Å². The number of hydrogen-bond donors (Lipinski definition) is 2. The topological polar surface area (TPSA) is 65.7 Å². The van der Waals surface area contributed by atoms with Gasteiger partial charge >= 0.3 is 0 Å². The highest BCUT2D eigenvalue weighted by molar-refractivity contribution is 5.29. The summed E-state index contributed by atoms with van der Waals surface area (Å²) in [4.78, 5) is 14.2. The molecule has 0 aliphatic rings. The number of rotatable bonds is 10. The molecule has 22 heavy (non-hydrogen) atoms. The van der Waals surface area contributed by atoms with Crippen LogP contribution in [0.15, 0.2) is 10.9 Å². The Morgan fingerprint density at radius 1 is 1.18 bits per heavy atom. The largest absolute Gasteiger partial charge is 0.503 e. The summed E-state index contributed by atoms with van der Waals surface area (Å²) in [6.45, 7) is 8.98. The highest BCUT2D eigenvalue weighted by Gasteiger charge is 2.16. The van der Waals surface area contributed by atoms with E-state index in [0.29, 0.717) is 18.8 Å². The van der Waals surface area contributed by atoms with Gasteiger partial charge in [-0.25, -0.2) is 0 Å². The lowest BCUT2D eigenvalue weighted by atomic mass is 10.2. The summed E-state index contributed by atoms with van der Waals surface area (Å²) in [5.74, 6) is -0.183. The minimum absolute atomic E-state index is 0.0138. The quantitative estimate of drug-likeness (QED) is 0.696. The number of unbranched alkanes of at least 4 members (excludes halogenated alkanes) is 2. The first-order valence-corrected chi connectivity index (χ1v) is 8.30. The Balaban J connectivity index is 3.07. The summed E-state index contributed by atoms with van der Waals surface area (Å²) >= 11 is 0. The first-order valence-electron chi connectivity index (χ1n) is 8.30. The molecule has 5 nitrogen and oxygen atoms in total. The summed E-state index contributed by atoms with van der Waals surface area (Å²) in [6, 6.07) is 1.43. The van der Waals surface area contributed by atoms with Crippen molar-refractivity contribution in [1.29, 1.82) is 0 Å². The van der Waals surface area contributed by atoms with Gasteiger partial charge in [0.15, 0.2) is 5.75 Å². The van der Waals surface area contributed by atoms with Crippen molar-refractivity contribution in [3.8, 4) is 5.75 Å². The third-order valence-electron chi connectivity index (χ3n) is 3.95. The molecule has 0 radical (unpaired) electrons. The fourth-order valence-electron chi connectivity index (χ4n) is 2.64. The van der Waals surface area contributed by atoms with Crippen LogP contribution >= 0.6 is 0 Å². The highest BCUT2D eigenvalue weighted by Crippen LogP contribution is 2.17. The molecule has 1 aromatic rings. The van der Waals surface area contributed by atoms with Crippen molar-refractivity contribution in [2.75, 3.05) is 19.7 Å². The van der Waals surface area contributed by atoms with Crippen molar-refractivity contribution in [3.63, 3.8) is 0 Å². The number of aliphatic hydroxyl groups excluding tert-OH is 1. The van der Waals surface area contributed by atoms with Gasteiger partial charge in [0.1, 0.15) is 0 Å². The molecule has 0 fully saturated rings. The van der Waals surface area contributed by atoms with Gasteiger partial charge in [0.2, 0.25) is 5.43 Å². The van der Waals surface area contributed by atoms with Crippen molar-refractivity contribution in [2.24, 2.45) is 0 Å². The molecule has 126 valence electrons.